The number of carboxylic acids is 1. The number of carbonyl (C=O) groups is 1. The van der Waals surface area contributed by atoms with E-state index in [0.717, 1.165) is 6.08 Å². The molecular formula is C11H9NO3. The molecule has 0 aliphatic rings. The smallest absolute Gasteiger partial charge is 0.328 e. The third-order valence-corrected chi connectivity index (χ3v) is 1.76. The Morgan fingerprint density at radius 2 is 2.33 bits per heavy atom. The van der Waals surface area contributed by atoms with E-state index < -0.39 is 5.97 Å². The van der Waals surface area contributed by atoms with Crippen molar-refractivity contribution in [1.82, 2.24) is 0 Å². The molecule has 0 spiro atoms. The molecule has 15 heavy (non-hydrogen) atoms. The zero-order valence-electron chi connectivity index (χ0n) is 8.10. The molecule has 0 fully saturated rings. The predicted molar refractivity (Wildman–Crippen MR) is 54.4 cm³/mol. The summed E-state index contributed by atoms with van der Waals surface area (Å²) in [7, 11) is 1.46. The average Bonchev–Trinajstić information content (AvgIpc) is 2.25. The van der Waals surface area contributed by atoms with Crippen LogP contribution >= 0.6 is 0 Å². The number of carboxylic acid groups (broad SMARTS) is 1. The van der Waals surface area contributed by atoms with Crippen molar-refractivity contribution in [3.63, 3.8) is 0 Å². The molecule has 0 unspecified atom stereocenters. The lowest BCUT2D eigenvalue weighted by Crippen LogP contribution is -1.89. The Morgan fingerprint density at radius 1 is 1.60 bits per heavy atom. The van der Waals surface area contributed by atoms with E-state index >= 15 is 0 Å². The summed E-state index contributed by atoms with van der Waals surface area (Å²) in [5.41, 5.74) is 1.10. The standard InChI is InChI=1S/C11H9NO3/c1-15-10-6-8(3-5-11(13)14)2-4-9(10)7-12/h2-6H,1H3,(H,13,14)/b5-3+. The number of hydrogen-bond acceptors (Lipinski definition) is 3. The molecule has 0 radical (unpaired) electrons. The Labute approximate surface area is 87.0 Å². The van der Waals surface area contributed by atoms with Crippen LogP contribution in [-0.4, -0.2) is 18.2 Å². The van der Waals surface area contributed by atoms with Gasteiger partial charge in [-0.25, -0.2) is 4.79 Å². The van der Waals surface area contributed by atoms with Gasteiger partial charge >= 0.3 is 5.97 Å². The quantitative estimate of drug-likeness (QED) is 0.758. The molecule has 0 aliphatic heterocycles. The highest BCUT2D eigenvalue weighted by molar-refractivity contribution is 5.85. The average molecular weight is 203 g/mol. The minimum atomic E-state index is -1.02. The number of aliphatic carboxylic acids is 1. The van der Waals surface area contributed by atoms with Gasteiger partial charge < -0.3 is 9.84 Å². The van der Waals surface area contributed by atoms with Gasteiger partial charge in [0, 0.05) is 6.08 Å². The van der Waals surface area contributed by atoms with E-state index in [4.69, 9.17) is 15.1 Å². The highest BCUT2D eigenvalue weighted by Crippen LogP contribution is 2.19. The number of rotatable bonds is 3. The predicted octanol–water partition coefficient (Wildman–Crippen LogP) is 1.66. The maximum atomic E-state index is 10.3. The van der Waals surface area contributed by atoms with Crippen LogP contribution in [0.3, 0.4) is 0 Å². The number of methoxy groups -OCH3 is 1. The Kier molecular flexibility index (Phi) is 3.47. The van der Waals surface area contributed by atoms with Crippen LogP contribution in [-0.2, 0) is 4.79 Å². The molecular weight excluding hydrogens is 194 g/mol. The monoisotopic (exact) mass is 203 g/mol. The maximum Gasteiger partial charge on any atom is 0.328 e. The molecule has 1 rings (SSSR count). The van der Waals surface area contributed by atoms with Gasteiger partial charge in [0.05, 0.1) is 12.7 Å². The minimum Gasteiger partial charge on any atom is -0.495 e. The second-order valence-corrected chi connectivity index (χ2v) is 2.74. The van der Waals surface area contributed by atoms with Gasteiger partial charge in [0.2, 0.25) is 0 Å². The molecule has 0 atom stereocenters. The van der Waals surface area contributed by atoms with Crippen molar-refractivity contribution in [2.24, 2.45) is 0 Å². The first kappa shape index (κ1) is 10.8. The fourth-order valence-corrected chi connectivity index (χ4v) is 1.07. The first-order valence-electron chi connectivity index (χ1n) is 4.16. The molecule has 4 heteroatoms. The number of ether oxygens (including phenoxy) is 1. The molecule has 0 heterocycles. The second-order valence-electron chi connectivity index (χ2n) is 2.74. The second kappa shape index (κ2) is 4.82. The Bertz CT molecular complexity index is 444. The highest BCUT2D eigenvalue weighted by Gasteiger charge is 2.01. The zero-order chi connectivity index (χ0) is 11.3. The van der Waals surface area contributed by atoms with Crippen molar-refractivity contribution < 1.29 is 14.6 Å². The Balaban J connectivity index is 3.04. The van der Waals surface area contributed by atoms with Crippen molar-refractivity contribution in [1.29, 1.82) is 5.26 Å². The largest absolute Gasteiger partial charge is 0.495 e. The molecule has 1 aromatic rings. The Morgan fingerprint density at radius 3 is 2.87 bits per heavy atom. The summed E-state index contributed by atoms with van der Waals surface area (Å²) in [5.74, 6) is -0.580. The van der Waals surface area contributed by atoms with Crippen molar-refractivity contribution in [2.45, 2.75) is 0 Å². The first-order valence-corrected chi connectivity index (χ1v) is 4.16. The summed E-state index contributed by atoms with van der Waals surface area (Å²) in [6.07, 6.45) is 2.47. The van der Waals surface area contributed by atoms with Crippen LogP contribution in [0.2, 0.25) is 0 Å². The molecule has 1 aromatic carbocycles. The van der Waals surface area contributed by atoms with E-state index in [1.165, 1.54) is 13.2 Å². The highest BCUT2D eigenvalue weighted by atomic mass is 16.5. The first-order chi connectivity index (χ1) is 7.17. The van der Waals surface area contributed by atoms with Crippen molar-refractivity contribution in [3.8, 4) is 11.8 Å². The topological polar surface area (TPSA) is 70.3 Å². The van der Waals surface area contributed by atoms with Gasteiger partial charge in [-0.1, -0.05) is 6.07 Å². The van der Waals surface area contributed by atoms with Gasteiger partial charge in [-0.05, 0) is 23.8 Å². The van der Waals surface area contributed by atoms with Crippen molar-refractivity contribution >= 4 is 12.0 Å². The van der Waals surface area contributed by atoms with Gasteiger partial charge in [-0.2, -0.15) is 5.26 Å². The van der Waals surface area contributed by atoms with E-state index in [0.29, 0.717) is 16.9 Å². The van der Waals surface area contributed by atoms with E-state index in [9.17, 15) is 4.79 Å². The summed E-state index contributed by atoms with van der Waals surface area (Å²) in [5, 5.41) is 17.1. The lowest BCUT2D eigenvalue weighted by molar-refractivity contribution is -0.131. The van der Waals surface area contributed by atoms with Crippen LogP contribution in [0.5, 0.6) is 5.75 Å². The van der Waals surface area contributed by atoms with Crippen LogP contribution in [0.4, 0.5) is 0 Å². The number of hydrogen-bond donors (Lipinski definition) is 1. The molecule has 0 saturated carbocycles. The van der Waals surface area contributed by atoms with Gasteiger partial charge in [-0.3, -0.25) is 0 Å². The molecule has 0 amide bonds. The van der Waals surface area contributed by atoms with Gasteiger partial charge in [0.25, 0.3) is 0 Å². The molecule has 0 aromatic heterocycles. The number of nitriles is 1. The van der Waals surface area contributed by atoms with Crippen LogP contribution in [0, 0.1) is 11.3 Å². The fourth-order valence-electron chi connectivity index (χ4n) is 1.07. The number of benzene rings is 1. The molecule has 0 aliphatic carbocycles. The summed E-state index contributed by atoms with van der Waals surface area (Å²) >= 11 is 0. The summed E-state index contributed by atoms with van der Waals surface area (Å²) in [4.78, 5) is 10.3. The molecule has 0 bridgehead atoms. The van der Waals surface area contributed by atoms with Crippen LogP contribution in [0.15, 0.2) is 24.3 Å². The van der Waals surface area contributed by atoms with Crippen LogP contribution in [0.1, 0.15) is 11.1 Å². The summed E-state index contributed by atoms with van der Waals surface area (Å²) in [6, 6.07) is 6.82. The van der Waals surface area contributed by atoms with E-state index in [1.807, 2.05) is 6.07 Å². The third kappa shape index (κ3) is 2.85. The maximum absolute atomic E-state index is 10.3. The lowest BCUT2D eigenvalue weighted by atomic mass is 10.1. The van der Waals surface area contributed by atoms with Gasteiger partial charge in [0.15, 0.2) is 0 Å². The van der Waals surface area contributed by atoms with Crippen LogP contribution < -0.4 is 4.74 Å². The molecule has 0 saturated heterocycles. The van der Waals surface area contributed by atoms with Gasteiger partial charge in [-0.15, -0.1) is 0 Å². The fraction of sp³-hybridized carbons (Fsp3) is 0.0909. The molecule has 4 nitrogen and oxygen atoms in total. The van der Waals surface area contributed by atoms with E-state index in [-0.39, 0.29) is 0 Å². The minimum absolute atomic E-state index is 0.421. The SMILES string of the molecule is COc1cc(/C=C/C(=O)O)ccc1C#N. The van der Waals surface area contributed by atoms with Crippen molar-refractivity contribution in [2.75, 3.05) is 7.11 Å². The normalized spacial score (nSPS) is 9.87. The van der Waals surface area contributed by atoms with Gasteiger partial charge in [0.1, 0.15) is 11.8 Å². The molecule has 76 valence electrons. The van der Waals surface area contributed by atoms with E-state index in [1.54, 1.807) is 18.2 Å². The Hall–Kier alpha value is -2.28. The van der Waals surface area contributed by atoms with Crippen LogP contribution in [0.25, 0.3) is 6.08 Å². The lowest BCUT2D eigenvalue weighted by Gasteiger charge is -2.02. The van der Waals surface area contributed by atoms with E-state index in [2.05, 4.69) is 0 Å². The third-order valence-electron chi connectivity index (χ3n) is 1.76. The van der Waals surface area contributed by atoms with Crippen molar-refractivity contribution in [3.05, 3.63) is 35.4 Å². The molecule has 1 N–H and O–H groups in total. The summed E-state index contributed by atoms with van der Waals surface area (Å²) < 4.78 is 4.98. The number of nitrogens with zero attached hydrogens (tertiary/aromatic N) is 1. The summed E-state index contributed by atoms with van der Waals surface area (Å²) in [6.45, 7) is 0. The zero-order valence-corrected chi connectivity index (χ0v) is 8.10.